The van der Waals surface area contributed by atoms with Crippen molar-refractivity contribution in [2.75, 3.05) is 0 Å². The van der Waals surface area contributed by atoms with Crippen LogP contribution in [0.5, 0.6) is 0 Å². The molecule has 0 aliphatic heterocycles. The molecule has 0 aromatic carbocycles. The molecule has 3 rings (SSSR count). The lowest BCUT2D eigenvalue weighted by Gasteiger charge is -2.35. The van der Waals surface area contributed by atoms with Gasteiger partial charge in [0.15, 0.2) is 0 Å². The molecule has 5 unspecified atom stereocenters. The Morgan fingerprint density at radius 2 is 1.62 bits per heavy atom. The summed E-state index contributed by atoms with van der Waals surface area (Å²) in [6, 6.07) is 0. The molecule has 0 radical (unpaired) electrons. The molecule has 0 heteroatoms. The van der Waals surface area contributed by atoms with Crippen LogP contribution >= 0.6 is 0 Å². The molecule has 0 N–H and O–H groups in total. The molecule has 3 aliphatic rings. The molecule has 16 heavy (non-hydrogen) atoms. The van der Waals surface area contributed by atoms with Gasteiger partial charge in [-0.3, -0.25) is 0 Å². The molecule has 3 saturated carbocycles. The first kappa shape index (κ1) is 11.1. The number of hydrogen-bond donors (Lipinski definition) is 0. The Labute approximate surface area is 101 Å². The first-order valence-corrected chi connectivity index (χ1v) is 7.79. The average Bonchev–Trinajstić information content (AvgIpc) is 2.95. The second kappa shape index (κ2) is 4.35. The van der Waals surface area contributed by atoms with Crippen molar-refractivity contribution >= 4 is 0 Å². The van der Waals surface area contributed by atoms with Crippen molar-refractivity contribution in [2.24, 2.45) is 35.5 Å². The highest BCUT2D eigenvalue weighted by molar-refractivity contribution is 4.99. The van der Waals surface area contributed by atoms with Gasteiger partial charge in [-0.25, -0.2) is 0 Å². The summed E-state index contributed by atoms with van der Waals surface area (Å²) in [7, 11) is 0. The zero-order valence-electron chi connectivity index (χ0n) is 11.1. The van der Waals surface area contributed by atoms with Crippen LogP contribution in [-0.2, 0) is 0 Å². The second-order valence-electron chi connectivity index (χ2n) is 6.97. The zero-order valence-corrected chi connectivity index (χ0v) is 11.1. The first-order valence-electron chi connectivity index (χ1n) is 7.79. The monoisotopic (exact) mass is 220 g/mol. The van der Waals surface area contributed by atoms with E-state index in [0.717, 1.165) is 17.8 Å². The maximum atomic E-state index is 2.51. The molecule has 0 aromatic heterocycles. The zero-order chi connectivity index (χ0) is 11.1. The lowest BCUT2D eigenvalue weighted by Crippen LogP contribution is -2.25. The molecule has 0 spiro atoms. The highest BCUT2D eigenvalue weighted by Gasteiger charge is 2.49. The SMILES string of the molecule is CCC1CCC(C2CC2C2CCC2)CC1C. The smallest absolute Gasteiger partial charge is 0.0352 e. The molecule has 0 nitrogen and oxygen atoms in total. The van der Waals surface area contributed by atoms with Gasteiger partial charge in [0.1, 0.15) is 0 Å². The van der Waals surface area contributed by atoms with Gasteiger partial charge in [-0.15, -0.1) is 0 Å². The summed E-state index contributed by atoms with van der Waals surface area (Å²) in [5, 5.41) is 0. The van der Waals surface area contributed by atoms with Crippen LogP contribution in [0.4, 0.5) is 0 Å². The minimum Gasteiger partial charge on any atom is -0.0651 e. The summed E-state index contributed by atoms with van der Waals surface area (Å²) in [5.41, 5.74) is 0. The molecular weight excluding hydrogens is 192 g/mol. The Bertz CT molecular complexity index is 240. The van der Waals surface area contributed by atoms with Crippen LogP contribution in [0, 0.1) is 35.5 Å². The molecule has 0 bridgehead atoms. The largest absolute Gasteiger partial charge is 0.0651 e. The van der Waals surface area contributed by atoms with Crippen LogP contribution < -0.4 is 0 Å². The van der Waals surface area contributed by atoms with Crippen LogP contribution in [0.25, 0.3) is 0 Å². The standard InChI is InChI=1S/C16H28/c1-3-12-7-8-14(9-11(12)2)16-10-15(16)13-5-4-6-13/h11-16H,3-10H2,1-2H3. The minimum atomic E-state index is 1.02. The van der Waals surface area contributed by atoms with E-state index in [0.29, 0.717) is 0 Å². The minimum absolute atomic E-state index is 1.02. The Balaban J connectivity index is 1.50. The van der Waals surface area contributed by atoms with Crippen molar-refractivity contribution in [1.29, 1.82) is 0 Å². The third kappa shape index (κ3) is 1.93. The van der Waals surface area contributed by atoms with Gasteiger partial charge >= 0.3 is 0 Å². The Morgan fingerprint density at radius 1 is 0.875 bits per heavy atom. The lowest BCUT2D eigenvalue weighted by molar-refractivity contribution is 0.157. The predicted octanol–water partition coefficient (Wildman–Crippen LogP) is 4.89. The fraction of sp³-hybridized carbons (Fsp3) is 1.00. The van der Waals surface area contributed by atoms with Gasteiger partial charge < -0.3 is 0 Å². The molecule has 3 fully saturated rings. The third-order valence-corrected chi connectivity index (χ3v) is 6.16. The third-order valence-electron chi connectivity index (χ3n) is 6.16. The van der Waals surface area contributed by atoms with Crippen molar-refractivity contribution in [3.8, 4) is 0 Å². The van der Waals surface area contributed by atoms with Crippen molar-refractivity contribution < 1.29 is 0 Å². The van der Waals surface area contributed by atoms with Crippen molar-refractivity contribution in [3.05, 3.63) is 0 Å². The Hall–Kier alpha value is 0. The lowest BCUT2D eigenvalue weighted by atomic mass is 9.71. The van der Waals surface area contributed by atoms with Crippen LogP contribution in [0.15, 0.2) is 0 Å². The van der Waals surface area contributed by atoms with E-state index < -0.39 is 0 Å². The van der Waals surface area contributed by atoms with Crippen molar-refractivity contribution in [3.63, 3.8) is 0 Å². The van der Waals surface area contributed by atoms with Crippen molar-refractivity contribution in [2.45, 2.75) is 65.2 Å². The van der Waals surface area contributed by atoms with Gasteiger partial charge in [-0.05, 0) is 61.2 Å². The highest BCUT2D eigenvalue weighted by atomic mass is 14.5. The Kier molecular flexibility index (Phi) is 3.02. The normalized spacial score (nSPS) is 48.8. The van der Waals surface area contributed by atoms with Crippen LogP contribution in [0.3, 0.4) is 0 Å². The molecule has 0 heterocycles. The summed E-state index contributed by atoms with van der Waals surface area (Å²) in [4.78, 5) is 0. The van der Waals surface area contributed by atoms with Gasteiger partial charge in [0.2, 0.25) is 0 Å². The number of hydrogen-bond acceptors (Lipinski definition) is 0. The highest BCUT2D eigenvalue weighted by Crippen LogP contribution is 2.58. The van der Waals surface area contributed by atoms with Crippen molar-refractivity contribution in [1.82, 2.24) is 0 Å². The van der Waals surface area contributed by atoms with E-state index in [9.17, 15) is 0 Å². The molecule has 5 atom stereocenters. The van der Waals surface area contributed by atoms with Gasteiger partial charge in [-0.1, -0.05) is 39.5 Å². The average molecular weight is 220 g/mol. The predicted molar refractivity (Wildman–Crippen MR) is 69.2 cm³/mol. The maximum absolute atomic E-state index is 2.51. The number of rotatable bonds is 3. The summed E-state index contributed by atoms with van der Waals surface area (Å²) < 4.78 is 0. The summed E-state index contributed by atoms with van der Waals surface area (Å²) in [6.07, 6.45) is 12.4. The van der Waals surface area contributed by atoms with Gasteiger partial charge in [0, 0.05) is 0 Å². The maximum Gasteiger partial charge on any atom is -0.0352 e. The molecular formula is C16H28. The Morgan fingerprint density at radius 3 is 2.19 bits per heavy atom. The fourth-order valence-corrected chi connectivity index (χ4v) is 4.68. The van der Waals surface area contributed by atoms with Crippen LogP contribution in [-0.4, -0.2) is 0 Å². The molecule has 0 aromatic rings. The molecule has 3 aliphatic carbocycles. The quantitative estimate of drug-likeness (QED) is 0.635. The van der Waals surface area contributed by atoms with E-state index in [1.54, 1.807) is 32.1 Å². The van der Waals surface area contributed by atoms with E-state index in [4.69, 9.17) is 0 Å². The summed E-state index contributed by atoms with van der Waals surface area (Å²) >= 11 is 0. The first-order chi connectivity index (χ1) is 7.79. The second-order valence-corrected chi connectivity index (χ2v) is 6.97. The van der Waals surface area contributed by atoms with E-state index in [2.05, 4.69) is 13.8 Å². The summed E-state index contributed by atoms with van der Waals surface area (Å²) in [6.45, 7) is 4.90. The molecule has 0 saturated heterocycles. The molecule has 92 valence electrons. The van der Waals surface area contributed by atoms with Gasteiger partial charge in [-0.2, -0.15) is 0 Å². The van der Waals surface area contributed by atoms with Crippen LogP contribution in [0.1, 0.15) is 65.2 Å². The van der Waals surface area contributed by atoms with E-state index in [1.165, 1.54) is 37.0 Å². The van der Waals surface area contributed by atoms with E-state index in [1.807, 2.05) is 0 Å². The van der Waals surface area contributed by atoms with Gasteiger partial charge in [0.25, 0.3) is 0 Å². The fourth-order valence-electron chi connectivity index (χ4n) is 4.68. The van der Waals surface area contributed by atoms with E-state index in [-0.39, 0.29) is 0 Å². The summed E-state index contributed by atoms with van der Waals surface area (Å²) in [5.74, 6) is 6.73. The van der Waals surface area contributed by atoms with Crippen LogP contribution in [0.2, 0.25) is 0 Å². The molecule has 0 amide bonds. The topological polar surface area (TPSA) is 0 Å². The van der Waals surface area contributed by atoms with E-state index >= 15 is 0 Å². The van der Waals surface area contributed by atoms with Gasteiger partial charge in [0.05, 0.1) is 0 Å².